The molecule has 3 heterocycles. The lowest BCUT2D eigenvalue weighted by atomic mass is 10.3. The van der Waals surface area contributed by atoms with Crippen LogP contribution in [0.2, 0.25) is 0 Å². The lowest BCUT2D eigenvalue weighted by Crippen LogP contribution is -2.12. The average Bonchev–Trinajstić information content (AvgIpc) is 3.31. The van der Waals surface area contributed by atoms with Crippen LogP contribution in [0, 0.1) is 5.82 Å². The highest BCUT2D eigenvalue weighted by molar-refractivity contribution is 7.98. The summed E-state index contributed by atoms with van der Waals surface area (Å²) >= 11 is 1.59. The first-order valence-corrected chi connectivity index (χ1v) is 10.0. The molecule has 1 unspecified atom stereocenters. The Morgan fingerprint density at radius 2 is 1.96 bits per heavy atom. The topological polar surface area (TPSA) is 57.2 Å². The molecular formula is C20H20FN5OS. The Hall–Kier alpha value is -2.87. The van der Waals surface area contributed by atoms with Gasteiger partial charge in [0.1, 0.15) is 17.2 Å². The maximum absolute atomic E-state index is 13.1. The third kappa shape index (κ3) is 3.87. The number of imidazole rings is 1. The molecule has 0 bridgehead atoms. The van der Waals surface area contributed by atoms with Gasteiger partial charge in [0.05, 0.1) is 5.69 Å². The molecule has 1 aromatic carbocycles. The van der Waals surface area contributed by atoms with Crippen LogP contribution < -0.4 is 4.74 Å². The maximum atomic E-state index is 13.1. The molecule has 6 nitrogen and oxygen atoms in total. The molecule has 0 spiro atoms. The number of halogens is 1. The van der Waals surface area contributed by atoms with Crippen LogP contribution in [0.4, 0.5) is 4.39 Å². The molecule has 0 saturated heterocycles. The fraction of sp³-hybridized carbons (Fsp3) is 0.250. The Morgan fingerprint density at radius 3 is 2.71 bits per heavy atom. The molecule has 0 saturated carbocycles. The second kappa shape index (κ2) is 8.02. The summed E-state index contributed by atoms with van der Waals surface area (Å²) < 4.78 is 23.0. The van der Waals surface area contributed by atoms with Crippen LogP contribution in [-0.2, 0) is 12.3 Å². The molecule has 0 aliphatic carbocycles. The highest BCUT2D eigenvalue weighted by atomic mass is 32.2. The summed E-state index contributed by atoms with van der Waals surface area (Å²) in [7, 11) is 0. The number of benzene rings is 1. The van der Waals surface area contributed by atoms with Crippen molar-refractivity contribution >= 4 is 17.4 Å². The van der Waals surface area contributed by atoms with Crippen molar-refractivity contribution in [1.82, 2.24) is 24.1 Å². The number of hydrogen-bond acceptors (Lipinski definition) is 5. The third-order valence-electron chi connectivity index (χ3n) is 4.31. The molecule has 8 heteroatoms. The second-order valence-electron chi connectivity index (χ2n) is 6.29. The molecule has 28 heavy (non-hydrogen) atoms. The monoisotopic (exact) mass is 397 g/mol. The average molecular weight is 397 g/mol. The first kappa shape index (κ1) is 18.5. The van der Waals surface area contributed by atoms with E-state index in [9.17, 15) is 4.39 Å². The fourth-order valence-corrected chi connectivity index (χ4v) is 3.86. The van der Waals surface area contributed by atoms with Gasteiger partial charge in [0.2, 0.25) is 0 Å². The largest absolute Gasteiger partial charge is 0.483 e. The van der Waals surface area contributed by atoms with Crippen LogP contribution in [-0.4, -0.2) is 24.1 Å². The van der Waals surface area contributed by atoms with Crippen molar-refractivity contribution < 1.29 is 9.13 Å². The number of pyridine rings is 1. The van der Waals surface area contributed by atoms with E-state index in [0.717, 1.165) is 28.9 Å². The zero-order valence-electron chi connectivity index (χ0n) is 15.6. The van der Waals surface area contributed by atoms with E-state index in [4.69, 9.17) is 4.74 Å². The molecular weight excluding hydrogens is 377 g/mol. The van der Waals surface area contributed by atoms with E-state index < -0.39 is 0 Å². The van der Waals surface area contributed by atoms with Gasteiger partial charge in [-0.3, -0.25) is 0 Å². The van der Waals surface area contributed by atoms with E-state index in [1.807, 2.05) is 53.4 Å². The minimum atomic E-state index is -0.303. The standard InChI is InChI=1S/C20H20FN5OS/c1-3-26-19(14(2)27-17-9-7-15(21)8-10-17)23-24-20(26)28-13-16-12-25-11-5-4-6-18(25)22-16/h4-12,14H,3,13H2,1-2H3. The lowest BCUT2D eigenvalue weighted by Gasteiger charge is -2.15. The highest BCUT2D eigenvalue weighted by Crippen LogP contribution is 2.26. The van der Waals surface area contributed by atoms with Crippen molar-refractivity contribution in [2.24, 2.45) is 0 Å². The number of thioether (sulfide) groups is 1. The second-order valence-corrected chi connectivity index (χ2v) is 7.23. The first-order chi connectivity index (χ1) is 13.6. The molecule has 1 atom stereocenters. The van der Waals surface area contributed by atoms with Gasteiger partial charge in [-0.1, -0.05) is 17.8 Å². The van der Waals surface area contributed by atoms with Gasteiger partial charge in [0.25, 0.3) is 0 Å². The number of aromatic nitrogens is 5. The third-order valence-corrected chi connectivity index (χ3v) is 5.32. The summed E-state index contributed by atoms with van der Waals surface area (Å²) in [6, 6.07) is 11.9. The number of nitrogens with zero attached hydrogens (tertiary/aromatic N) is 5. The molecule has 144 valence electrons. The van der Waals surface area contributed by atoms with Crippen molar-refractivity contribution in [3.63, 3.8) is 0 Å². The van der Waals surface area contributed by atoms with Crippen molar-refractivity contribution in [2.75, 3.05) is 0 Å². The molecule has 4 aromatic rings. The van der Waals surface area contributed by atoms with Gasteiger partial charge in [-0.2, -0.15) is 0 Å². The van der Waals surface area contributed by atoms with Gasteiger partial charge in [-0.25, -0.2) is 9.37 Å². The van der Waals surface area contributed by atoms with Crippen molar-refractivity contribution in [1.29, 1.82) is 0 Å². The summed E-state index contributed by atoms with van der Waals surface area (Å²) in [5, 5.41) is 9.48. The molecule has 0 aliphatic rings. The minimum Gasteiger partial charge on any atom is -0.483 e. The first-order valence-electron chi connectivity index (χ1n) is 9.04. The Bertz CT molecular complexity index is 1040. The summed E-state index contributed by atoms with van der Waals surface area (Å²) in [4.78, 5) is 4.62. The molecule has 0 radical (unpaired) electrons. The molecule has 3 aromatic heterocycles. The van der Waals surface area contributed by atoms with Crippen molar-refractivity contribution in [3.8, 4) is 5.75 Å². The normalized spacial score (nSPS) is 12.4. The molecule has 0 aliphatic heterocycles. The Labute approximate surface area is 166 Å². The van der Waals surface area contributed by atoms with Crippen LogP contribution in [0.3, 0.4) is 0 Å². The zero-order valence-corrected chi connectivity index (χ0v) is 16.4. The van der Waals surface area contributed by atoms with Gasteiger partial charge in [0, 0.05) is 24.7 Å². The maximum Gasteiger partial charge on any atom is 0.191 e. The van der Waals surface area contributed by atoms with E-state index in [1.165, 1.54) is 12.1 Å². The zero-order chi connectivity index (χ0) is 19.5. The number of fused-ring (bicyclic) bond motifs is 1. The SMILES string of the molecule is CCn1c(SCc2cn3ccccc3n2)nnc1C(C)Oc1ccc(F)cc1. The van der Waals surface area contributed by atoms with E-state index in [-0.39, 0.29) is 11.9 Å². The van der Waals surface area contributed by atoms with Crippen molar-refractivity contribution in [2.45, 2.75) is 37.4 Å². The van der Waals surface area contributed by atoms with Gasteiger partial charge in [-0.05, 0) is 50.2 Å². The summed E-state index contributed by atoms with van der Waals surface area (Å²) in [6.07, 6.45) is 3.70. The fourth-order valence-electron chi connectivity index (χ4n) is 2.97. The number of hydrogen-bond donors (Lipinski definition) is 0. The number of ether oxygens (including phenoxy) is 1. The van der Waals surface area contributed by atoms with Gasteiger partial charge in [-0.15, -0.1) is 10.2 Å². The molecule has 4 rings (SSSR count). The Kier molecular flexibility index (Phi) is 5.29. The van der Waals surface area contributed by atoms with E-state index in [0.29, 0.717) is 11.5 Å². The van der Waals surface area contributed by atoms with E-state index in [2.05, 4.69) is 15.2 Å². The van der Waals surface area contributed by atoms with E-state index >= 15 is 0 Å². The predicted octanol–water partition coefficient (Wildman–Crippen LogP) is 4.52. The van der Waals surface area contributed by atoms with Crippen LogP contribution >= 0.6 is 11.8 Å². The Morgan fingerprint density at radius 1 is 1.14 bits per heavy atom. The Balaban J connectivity index is 1.47. The summed E-state index contributed by atoms with van der Waals surface area (Å²) in [5.74, 6) is 1.75. The highest BCUT2D eigenvalue weighted by Gasteiger charge is 2.19. The van der Waals surface area contributed by atoms with Gasteiger partial charge >= 0.3 is 0 Å². The van der Waals surface area contributed by atoms with Crippen molar-refractivity contribution in [3.05, 3.63) is 72.2 Å². The molecule has 0 N–H and O–H groups in total. The predicted molar refractivity (Wildman–Crippen MR) is 106 cm³/mol. The lowest BCUT2D eigenvalue weighted by molar-refractivity contribution is 0.209. The molecule has 0 amide bonds. The van der Waals surface area contributed by atoms with Gasteiger partial charge < -0.3 is 13.7 Å². The van der Waals surface area contributed by atoms with Crippen LogP contribution in [0.15, 0.2) is 60.0 Å². The minimum absolute atomic E-state index is 0.289. The van der Waals surface area contributed by atoms with Crippen LogP contribution in [0.5, 0.6) is 5.75 Å². The number of rotatable bonds is 7. The summed E-state index contributed by atoms with van der Waals surface area (Å²) in [6.45, 7) is 4.69. The van der Waals surface area contributed by atoms with Crippen LogP contribution in [0.1, 0.15) is 31.5 Å². The molecule has 0 fully saturated rings. The summed E-state index contributed by atoms with van der Waals surface area (Å²) in [5.41, 5.74) is 1.91. The van der Waals surface area contributed by atoms with Gasteiger partial charge in [0.15, 0.2) is 17.1 Å². The quantitative estimate of drug-likeness (QED) is 0.429. The van der Waals surface area contributed by atoms with E-state index in [1.54, 1.807) is 23.9 Å². The van der Waals surface area contributed by atoms with Crippen LogP contribution in [0.25, 0.3) is 5.65 Å². The smallest absolute Gasteiger partial charge is 0.191 e.